The standard InChI is InChI=1S/C8H16O3.C3H6/c1-5-4-7(10-3)11-6(2)8(5)9;1-3-2/h5-9H,4H2,1-3H3;3H,1H2,2H3/t5-,6-,7-,8+;/m1./s1. The van der Waals surface area contributed by atoms with E-state index < -0.39 is 0 Å². The van der Waals surface area contributed by atoms with Crippen LogP contribution in [-0.4, -0.2) is 30.7 Å². The van der Waals surface area contributed by atoms with Crippen LogP contribution in [0.2, 0.25) is 0 Å². The molecule has 0 radical (unpaired) electrons. The Kier molecular flexibility index (Phi) is 6.79. The van der Waals surface area contributed by atoms with Crippen LogP contribution in [0.4, 0.5) is 0 Å². The highest BCUT2D eigenvalue weighted by atomic mass is 16.7. The lowest BCUT2D eigenvalue weighted by atomic mass is 9.94. The molecule has 14 heavy (non-hydrogen) atoms. The fourth-order valence-electron chi connectivity index (χ4n) is 1.43. The fourth-order valence-corrected chi connectivity index (χ4v) is 1.43. The summed E-state index contributed by atoms with van der Waals surface area (Å²) in [6.07, 6.45) is 1.94. The van der Waals surface area contributed by atoms with Crippen LogP contribution in [0.25, 0.3) is 0 Å². The van der Waals surface area contributed by atoms with Crippen molar-refractivity contribution in [2.45, 2.75) is 45.7 Å². The summed E-state index contributed by atoms with van der Waals surface area (Å²) in [6.45, 7) is 9.13. The summed E-state index contributed by atoms with van der Waals surface area (Å²) in [7, 11) is 1.63. The van der Waals surface area contributed by atoms with Crippen LogP contribution in [0.15, 0.2) is 12.7 Å². The van der Waals surface area contributed by atoms with Crippen molar-refractivity contribution in [3.63, 3.8) is 0 Å². The lowest BCUT2D eigenvalue weighted by Gasteiger charge is -2.35. The molecule has 84 valence electrons. The second kappa shape index (κ2) is 6.98. The van der Waals surface area contributed by atoms with Crippen molar-refractivity contribution in [1.29, 1.82) is 0 Å². The molecular formula is C11H22O3. The molecule has 0 aliphatic carbocycles. The third kappa shape index (κ3) is 4.22. The predicted molar refractivity (Wildman–Crippen MR) is 57.0 cm³/mol. The van der Waals surface area contributed by atoms with E-state index in [1.165, 1.54) is 0 Å². The number of hydrogen-bond acceptors (Lipinski definition) is 3. The van der Waals surface area contributed by atoms with E-state index in [1.807, 2.05) is 20.8 Å². The topological polar surface area (TPSA) is 38.7 Å². The van der Waals surface area contributed by atoms with Gasteiger partial charge in [0.2, 0.25) is 0 Å². The first-order chi connectivity index (χ1) is 6.56. The Labute approximate surface area is 86.7 Å². The van der Waals surface area contributed by atoms with Crippen LogP contribution in [0, 0.1) is 5.92 Å². The second-order valence-electron chi connectivity index (χ2n) is 3.62. The second-order valence-corrected chi connectivity index (χ2v) is 3.62. The average molecular weight is 202 g/mol. The number of aliphatic hydroxyl groups is 1. The van der Waals surface area contributed by atoms with Gasteiger partial charge in [-0.1, -0.05) is 13.0 Å². The molecular weight excluding hydrogens is 180 g/mol. The number of rotatable bonds is 1. The average Bonchev–Trinajstić information content (AvgIpc) is 2.14. The molecule has 0 amide bonds. The van der Waals surface area contributed by atoms with Crippen molar-refractivity contribution >= 4 is 0 Å². The highest BCUT2D eigenvalue weighted by Crippen LogP contribution is 2.24. The maximum Gasteiger partial charge on any atom is 0.158 e. The Morgan fingerprint density at radius 1 is 1.50 bits per heavy atom. The van der Waals surface area contributed by atoms with Crippen LogP contribution >= 0.6 is 0 Å². The Hall–Kier alpha value is -0.380. The molecule has 3 nitrogen and oxygen atoms in total. The maximum absolute atomic E-state index is 9.48. The van der Waals surface area contributed by atoms with E-state index in [2.05, 4.69) is 6.58 Å². The fraction of sp³-hybridized carbons (Fsp3) is 0.818. The monoisotopic (exact) mass is 202 g/mol. The first-order valence-corrected chi connectivity index (χ1v) is 5.00. The molecule has 0 aromatic rings. The molecule has 0 saturated carbocycles. The summed E-state index contributed by atoms with van der Waals surface area (Å²) in [6, 6.07) is 0. The van der Waals surface area contributed by atoms with Gasteiger partial charge in [0, 0.05) is 13.5 Å². The zero-order valence-electron chi connectivity index (χ0n) is 9.56. The molecule has 1 rings (SSSR count). The summed E-state index contributed by atoms with van der Waals surface area (Å²) < 4.78 is 10.4. The van der Waals surface area contributed by atoms with Gasteiger partial charge in [0.05, 0.1) is 12.2 Å². The number of methoxy groups -OCH3 is 1. The minimum absolute atomic E-state index is 0.108. The number of aliphatic hydroxyl groups excluding tert-OH is 1. The molecule has 1 N–H and O–H groups in total. The van der Waals surface area contributed by atoms with Crippen LogP contribution in [0.5, 0.6) is 0 Å². The van der Waals surface area contributed by atoms with Gasteiger partial charge in [-0.15, -0.1) is 6.58 Å². The van der Waals surface area contributed by atoms with Crippen LogP contribution in [-0.2, 0) is 9.47 Å². The van der Waals surface area contributed by atoms with E-state index in [-0.39, 0.29) is 24.4 Å². The molecule has 0 aromatic carbocycles. The lowest BCUT2D eigenvalue weighted by molar-refractivity contribution is -0.221. The number of allylic oxidation sites excluding steroid dienone is 1. The Bertz CT molecular complexity index is 147. The highest BCUT2D eigenvalue weighted by molar-refractivity contribution is 4.77. The summed E-state index contributed by atoms with van der Waals surface area (Å²) in [4.78, 5) is 0. The van der Waals surface area contributed by atoms with Crippen molar-refractivity contribution in [3.05, 3.63) is 12.7 Å². The van der Waals surface area contributed by atoms with Gasteiger partial charge in [-0.25, -0.2) is 0 Å². The summed E-state index contributed by atoms with van der Waals surface area (Å²) in [5, 5.41) is 9.48. The third-order valence-corrected chi connectivity index (χ3v) is 2.26. The predicted octanol–water partition coefficient (Wildman–Crippen LogP) is 1.96. The largest absolute Gasteiger partial charge is 0.390 e. The van der Waals surface area contributed by atoms with Crippen LogP contribution in [0.3, 0.4) is 0 Å². The van der Waals surface area contributed by atoms with Crippen LogP contribution < -0.4 is 0 Å². The summed E-state index contributed by atoms with van der Waals surface area (Å²) >= 11 is 0. The molecule has 1 fully saturated rings. The van der Waals surface area contributed by atoms with Gasteiger partial charge in [0.25, 0.3) is 0 Å². The zero-order chi connectivity index (χ0) is 11.1. The molecule has 0 aromatic heterocycles. The zero-order valence-corrected chi connectivity index (χ0v) is 9.56. The number of ether oxygens (including phenoxy) is 2. The van der Waals surface area contributed by atoms with Gasteiger partial charge in [-0.3, -0.25) is 0 Å². The van der Waals surface area contributed by atoms with Crippen molar-refractivity contribution in [1.82, 2.24) is 0 Å². The van der Waals surface area contributed by atoms with Crippen molar-refractivity contribution in [2.75, 3.05) is 7.11 Å². The van der Waals surface area contributed by atoms with Gasteiger partial charge >= 0.3 is 0 Å². The molecule has 1 aliphatic heterocycles. The Morgan fingerprint density at radius 2 is 2.00 bits per heavy atom. The Balaban J connectivity index is 0.000000500. The first-order valence-electron chi connectivity index (χ1n) is 5.00. The van der Waals surface area contributed by atoms with Crippen molar-refractivity contribution in [3.8, 4) is 0 Å². The molecule has 0 spiro atoms. The third-order valence-electron chi connectivity index (χ3n) is 2.26. The minimum Gasteiger partial charge on any atom is -0.390 e. The van der Waals surface area contributed by atoms with Crippen molar-refractivity contribution in [2.24, 2.45) is 5.92 Å². The van der Waals surface area contributed by atoms with E-state index in [1.54, 1.807) is 13.2 Å². The Morgan fingerprint density at radius 3 is 2.36 bits per heavy atom. The van der Waals surface area contributed by atoms with E-state index in [0.29, 0.717) is 0 Å². The normalized spacial score (nSPS) is 36.9. The molecule has 1 saturated heterocycles. The quantitative estimate of drug-likeness (QED) is 0.661. The molecule has 0 unspecified atom stereocenters. The molecule has 4 atom stereocenters. The highest BCUT2D eigenvalue weighted by Gasteiger charge is 2.32. The van der Waals surface area contributed by atoms with E-state index in [9.17, 15) is 5.11 Å². The van der Waals surface area contributed by atoms with Crippen LogP contribution in [0.1, 0.15) is 27.2 Å². The molecule has 1 heterocycles. The molecule has 0 bridgehead atoms. The van der Waals surface area contributed by atoms with Crippen molar-refractivity contribution < 1.29 is 14.6 Å². The van der Waals surface area contributed by atoms with E-state index >= 15 is 0 Å². The lowest BCUT2D eigenvalue weighted by Crippen LogP contribution is -2.42. The summed E-state index contributed by atoms with van der Waals surface area (Å²) in [5.41, 5.74) is 0. The van der Waals surface area contributed by atoms with Gasteiger partial charge in [0.15, 0.2) is 6.29 Å². The molecule has 1 aliphatic rings. The maximum atomic E-state index is 9.48. The van der Waals surface area contributed by atoms with Gasteiger partial charge < -0.3 is 14.6 Å². The SMILES string of the molecule is C=CC.CO[C@H]1C[C@@H](C)[C@H](O)[C@@H](C)O1. The van der Waals surface area contributed by atoms with E-state index in [4.69, 9.17) is 9.47 Å². The number of hydrogen-bond donors (Lipinski definition) is 1. The van der Waals surface area contributed by atoms with Gasteiger partial charge in [0.1, 0.15) is 0 Å². The van der Waals surface area contributed by atoms with Gasteiger partial charge in [-0.2, -0.15) is 0 Å². The smallest absolute Gasteiger partial charge is 0.158 e. The summed E-state index contributed by atoms with van der Waals surface area (Å²) in [5.74, 6) is 0.267. The van der Waals surface area contributed by atoms with E-state index in [0.717, 1.165) is 6.42 Å². The first kappa shape index (κ1) is 13.6. The minimum atomic E-state index is -0.346. The van der Waals surface area contributed by atoms with Gasteiger partial charge in [-0.05, 0) is 19.8 Å². The molecule has 3 heteroatoms.